The Labute approximate surface area is 119 Å². The van der Waals surface area contributed by atoms with Crippen molar-refractivity contribution >= 4 is 34.0 Å². The number of halogens is 2. The van der Waals surface area contributed by atoms with Crippen molar-refractivity contribution in [3.05, 3.63) is 64.6 Å². The molecule has 100 valence electrons. The zero-order chi connectivity index (χ0) is 14.3. The Bertz CT molecular complexity index is 826. The molecule has 1 heterocycles. The highest BCUT2D eigenvalue weighted by Gasteiger charge is 2.15. The van der Waals surface area contributed by atoms with E-state index in [0.29, 0.717) is 16.1 Å². The standard InChI is InChI=1S/C15H10ClFN2O/c16-9-2-4-14-10(6-9)11(7-19-14)15(20)8-1-3-12(17)13(18)5-8/h1-7,19H,18H2. The van der Waals surface area contributed by atoms with E-state index in [0.717, 1.165) is 10.9 Å². The van der Waals surface area contributed by atoms with Crippen LogP contribution in [0.3, 0.4) is 0 Å². The predicted octanol–water partition coefficient (Wildman–Crippen LogP) is 3.77. The number of fused-ring (bicyclic) bond motifs is 1. The molecule has 0 aliphatic rings. The molecule has 2 aromatic carbocycles. The second-order valence-electron chi connectivity index (χ2n) is 4.46. The van der Waals surface area contributed by atoms with Crippen LogP contribution >= 0.6 is 11.6 Å². The van der Waals surface area contributed by atoms with E-state index in [4.69, 9.17) is 17.3 Å². The first kappa shape index (κ1) is 12.7. The Balaban J connectivity index is 2.12. The third-order valence-corrected chi connectivity index (χ3v) is 3.38. The fraction of sp³-hybridized carbons (Fsp3) is 0. The van der Waals surface area contributed by atoms with Crippen molar-refractivity contribution in [2.45, 2.75) is 0 Å². The van der Waals surface area contributed by atoms with Crippen molar-refractivity contribution < 1.29 is 9.18 Å². The highest BCUT2D eigenvalue weighted by atomic mass is 35.5. The molecule has 0 saturated carbocycles. The number of H-pyrrole nitrogens is 1. The van der Waals surface area contributed by atoms with Crippen molar-refractivity contribution in [2.75, 3.05) is 5.73 Å². The maximum atomic E-state index is 13.2. The van der Waals surface area contributed by atoms with Gasteiger partial charge in [0.1, 0.15) is 5.82 Å². The van der Waals surface area contributed by atoms with E-state index < -0.39 is 5.82 Å². The summed E-state index contributed by atoms with van der Waals surface area (Å²) < 4.78 is 13.2. The summed E-state index contributed by atoms with van der Waals surface area (Å²) >= 11 is 5.95. The molecular weight excluding hydrogens is 279 g/mol. The molecule has 0 atom stereocenters. The van der Waals surface area contributed by atoms with Crippen LogP contribution in [0.2, 0.25) is 5.02 Å². The first-order valence-corrected chi connectivity index (χ1v) is 6.30. The number of benzene rings is 2. The first-order valence-electron chi connectivity index (χ1n) is 5.92. The lowest BCUT2D eigenvalue weighted by molar-refractivity contribution is 0.104. The molecule has 0 bridgehead atoms. The number of hydrogen-bond donors (Lipinski definition) is 2. The minimum Gasteiger partial charge on any atom is -0.396 e. The van der Waals surface area contributed by atoms with E-state index in [9.17, 15) is 9.18 Å². The molecular formula is C15H10ClFN2O. The number of nitrogens with one attached hydrogen (secondary N) is 1. The van der Waals surface area contributed by atoms with Crippen LogP contribution in [-0.2, 0) is 0 Å². The van der Waals surface area contributed by atoms with Gasteiger partial charge in [-0.15, -0.1) is 0 Å². The van der Waals surface area contributed by atoms with Gasteiger partial charge in [-0.3, -0.25) is 4.79 Å². The minimum atomic E-state index is -0.538. The number of nitrogen functional groups attached to an aromatic ring is 1. The molecule has 0 aliphatic heterocycles. The molecule has 5 heteroatoms. The summed E-state index contributed by atoms with van der Waals surface area (Å²) in [5.41, 5.74) is 7.08. The van der Waals surface area contributed by atoms with Crippen molar-refractivity contribution in [1.82, 2.24) is 4.98 Å². The first-order chi connectivity index (χ1) is 9.56. The smallest absolute Gasteiger partial charge is 0.195 e. The average molecular weight is 289 g/mol. The molecule has 0 aliphatic carbocycles. The van der Waals surface area contributed by atoms with E-state index in [2.05, 4.69) is 4.98 Å². The molecule has 3 rings (SSSR count). The zero-order valence-corrected chi connectivity index (χ0v) is 11.0. The Morgan fingerprint density at radius 3 is 2.75 bits per heavy atom. The molecule has 0 radical (unpaired) electrons. The number of carbonyl (C=O) groups excluding carboxylic acids is 1. The van der Waals surface area contributed by atoms with E-state index in [1.54, 1.807) is 24.4 Å². The van der Waals surface area contributed by atoms with Crippen molar-refractivity contribution in [3.63, 3.8) is 0 Å². The van der Waals surface area contributed by atoms with Crippen LogP contribution in [0.1, 0.15) is 15.9 Å². The Kier molecular flexibility index (Phi) is 2.95. The summed E-state index contributed by atoms with van der Waals surface area (Å²) in [4.78, 5) is 15.5. The SMILES string of the molecule is Nc1cc(C(=O)c2c[nH]c3ccc(Cl)cc23)ccc1F. The maximum Gasteiger partial charge on any atom is 0.195 e. The van der Waals surface area contributed by atoms with E-state index >= 15 is 0 Å². The Morgan fingerprint density at radius 2 is 2.00 bits per heavy atom. The van der Waals surface area contributed by atoms with Gasteiger partial charge in [0.15, 0.2) is 5.78 Å². The van der Waals surface area contributed by atoms with E-state index in [1.807, 2.05) is 0 Å². The van der Waals surface area contributed by atoms with Crippen LogP contribution in [-0.4, -0.2) is 10.8 Å². The number of ketones is 1. The largest absolute Gasteiger partial charge is 0.396 e. The average Bonchev–Trinajstić information content (AvgIpc) is 2.84. The molecule has 0 spiro atoms. The number of aromatic amines is 1. The lowest BCUT2D eigenvalue weighted by atomic mass is 10.0. The van der Waals surface area contributed by atoms with Gasteiger partial charge < -0.3 is 10.7 Å². The molecule has 0 amide bonds. The molecule has 0 unspecified atom stereocenters. The van der Waals surface area contributed by atoms with Gasteiger partial charge in [-0.05, 0) is 36.4 Å². The predicted molar refractivity (Wildman–Crippen MR) is 77.6 cm³/mol. The van der Waals surface area contributed by atoms with Crippen LogP contribution in [0.15, 0.2) is 42.6 Å². The lowest BCUT2D eigenvalue weighted by Crippen LogP contribution is -2.02. The zero-order valence-electron chi connectivity index (χ0n) is 10.3. The summed E-state index contributed by atoms with van der Waals surface area (Å²) in [6.07, 6.45) is 1.61. The monoisotopic (exact) mass is 288 g/mol. The van der Waals surface area contributed by atoms with Gasteiger partial charge in [0.2, 0.25) is 0 Å². The Hall–Kier alpha value is -2.33. The topological polar surface area (TPSA) is 58.9 Å². The number of anilines is 1. The van der Waals surface area contributed by atoms with E-state index in [1.165, 1.54) is 18.2 Å². The number of rotatable bonds is 2. The lowest BCUT2D eigenvalue weighted by Gasteiger charge is -2.02. The Morgan fingerprint density at radius 1 is 1.20 bits per heavy atom. The van der Waals surface area contributed by atoms with Crippen LogP contribution < -0.4 is 5.73 Å². The quantitative estimate of drug-likeness (QED) is 0.557. The summed E-state index contributed by atoms with van der Waals surface area (Å²) in [6.45, 7) is 0. The molecule has 0 saturated heterocycles. The fourth-order valence-electron chi connectivity index (χ4n) is 2.12. The number of carbonyl (C=O) groups is 1. The number of nitrogens with two attached hydrogens (primary N) is 1. The van der Waals surface area contributed by atoms with Gasteiger partial charge in [0, 0.05) is 33.2 Å². The molecule has 0 fully saturated rings. The van der Waals surface area contributed by atoms with Crippen molar-refractivity contribution in [3.8, 4) is 0 Å². The van der Waals surface area contributed by atoms with Gasteiger partial charge >= 0.3 is 0 Å². The second-order valence-corrected chi connectivity index (χ2v) is 4.89. The van der Waals surface area contributed by atoms with Gasteiger partial charge in [0.25, 0.3) is 0 Å². The summed E-state index contributed by atoms with van der Waals surface area (Å²) in [5, 5.41) is 1.27. The summed E-state index contributed by atoms with van der Waals surface area (Å²) in [7, 11) is 0. The molecule has 3 nitrogen and oxygen atoms in total. The van der Waals surface area contributed by atoms with Crippen LogP contribution in [0.25, 0.3) is 10.9 Å². The third kappa shape index (κ3) is 2.04. The van der Waals surface area contributed by atoms with Gasteiger partial charge in [-0.25, -0.2) is 4.39 Å². The van der Waals surface area contributed by atoms with Crippen molar-refractivity contribution in [1.29, 1.82) is 0 Å². The summed E-state index contributed by atoms with van der Waals surface area (Å²) in [5.74, 6) is -0.770. The highest BCUT2D eigenvalue weighted by molar-refractivity contribution is 6.31. The second kappa shape index (κ2) is 4.65. The molecule has 3 N–H and O–H groups in total. The van der Waals surface area contributed by atoms with Crippen LogP contribution in [0, 0.1) is 5.82 Å². The highest BCUT2D eigenvalue weighted by Crippen LogP contribution is 2.25. The molecule has 20 heavy (non-hydrogen) atoms. The molecule has 3 aromatic rings. The van der Waals surface area contributed by atoms with Gasteiger partial charge in [-0.2, -0.15) is 0 Å². The van der Waals surface area contributed by atoms with E-state index in [-0.39, 0.29) is 11.5 Å². The molecule has 1 aromatic heterocycles. The maximum absolute atomic E-state index is 13.2. The number of hydrogen-bond acceptors (Lipinski definition) is 2. The van der Waals surface area contributed by atoms with Crippen LogP contribution in [0.5, 0.6) is 0 Å². The van der Waals surface area contributed by atoms with Gasteiger partial charge in [0.05, 0.1) is 5.69 Å². The minimum absolute atomic E-state index is 0.0475. The van der Waals surface area contributed by atoms with Crippen LogP contribution in [0.4, 0.5) is 10.1 Å². The number of aromatic nitrogens is 1. The van der Waals surface area contributed by atoms with Crippen molar-refractivity contribution in [2.24, 2.45) is 0 Å². The summed E-state index contributed by atoms with van der Waals surface area (Å²) in [6, 6.07) is 9.19. The normalized spacial score (nSPS) is 10.9. The fourth-order valence-corrected chi connectivity index (χ4v) is 2.29. The van der Waals surface area contributed by atoms with Gasteiger partial charge in [-0.1, -0.05) is 11.6 Å². The third-order valence-electron chi connectivity index (χ3n) is 3.15.